The number of aromatic nitrogens is 2. The lowest BCUT2D eigenvalue weighted by Crippen LogP contribution is -2.00. The monoisotopic (exact) mass is 266 g/mol. The average Bonchev–Trinajstić information content (AvgIpc) is 2.90. The molecular weight excluding hydrogens is 248 g/mol. The Morgan fingerprint density at radius 1 is 1.10 bits per heavy atom. The second kappa shape index (κ2) is 5.78. The van der Waals surface area contributed by atoms with Gasteiger partial charge >= 0.3 is 0 Å². The van der Waals surface area contributed by atoms with Crippen molar-refractivity contribution in [1.29, 1.82) is 0 Å². The van der Waals surface area contributed by atoms with Crippen LogP contribution in [0.1, 0.15) is 19.0 Å². The van der Waals surface area contributed by atoms with Crippen molar-refractivity contribution in [3.05, 3.63) is 60.6 Å². The first-order valence-electron chi connectivity index (χ1n) is 6.99. The maximum atomic E-state index is 5.80. The van der Waals surface area contributed by atoms with Crippen molar-refractivity contribution in [2.24, 2.45) is 0 Å². The molecule has 3 heteroatoms. The van der Waals surface area contributed by atoms with Crippen LogP contribution in [0.15, 0.2) is 54.9 Å². The smallest absolute Gasteiger partial charge is 0.128 e. The molecule has 0 radical (unpaired) electrons. The number of ether oxygens (including phenoxy) is 1. The van der Waals surface area contributed by atoms with Crippen molar-refractivity contribution < 1.29 is 4.74 Å². The fourth-order valence-corrected chi connectivity index (χ4v) is 2.34. The van der Waals surface area contributed by atoms with Gasteiger partial charge in [0.15, 0.2) is 0 Å². The highest BCUT2D eigenvalue weighted by Gasteiger charge is 2.07. The van der Waals surface area contributed by atoms with Gasteiger partial charge in [0.25, 0.3) is 0 Å². The van der Waals surface area contributed by atoms with Gasteiger partial charge in [0, 0.05) is 17.8 Å². The molecule has 3 nitrogen and oxygen atoms in total. The molecule has 102 valence electrons. The molecule has 0 aliphatic heterocycles. The number of nitrogens with zero attached hydrogens (tertiary/aromatic N) is 2. The third-order valence-electron chi connectivity index (χ3n) is 3.29. The molecule has 0 spiro atoms. The van der Waals surface area contributed by atoms with Crippen LogP contribution in [0.5, 0.6) is 5.75 Å². The molecule has 0 unspecified atom stereocenters. The van der Waals surface area contributed by atoms with Crippen molar-refractivity contribution in [3.8, 4) is 5.75 Å². The van der Waals surface area contributed by atoms with Crippen LogP contribution in [0.2, 0.25) is 0 Å². The van der Waals surface area contributed by atoms with E-state index in [4.69, 9.17) is 4.74 Å². The van der Waals surface area contributed by atoms with Crippen molar-refractivity contribution in [2.45, 2.75) is 19.9 Å². The first-order chi connectivity index (χ1) is 9.88. The molecule has 0 fully saturated rings. The summed E-state index contributed by atoms with van der Waals surface area (Å²) in [5, 5.41) is 1.16. The number of pyridine rings is 1. The molecule has 0 bridgehead atoms. The van der Waals surface area contributed by atoms with Crippen LogP contribution in [0.25, 0.3) is 10.9 Å². The summed E-state index contributed by atoms with van der Waals surface area (Å²) in [6.07, 6.45) is 4.94. The second-order valence-electron chi connectivity index (χ2n) is 4.80. The van der Waals surface area contributed by atoms with E-state index >= 15 is 0 Å². The average molecular weight is 266 g/mol. The summed E-state index contributed by atoms with van der Waals surface area (Å²) in [5.74, 6) is 0.962. The minimum absolute atomic E-state index is 0.754. The van der Waals surface area contributed by atoms with Crippen LogP contribution in [0, 0.1) is 0 Å². The van der Waals surface area contributed by atoms with Crippen molar-refractivity contribution >= 4 is 10.9 Å². The van der Waals surface area contributed by atoms with Crippen molar-refractivity contribution in [2.75, 3.05) is 6.61 Å². The van der Waals surface area contributed by atoms with Crippen LogP contribution in [0.3, 0.4) is 0 Å². The van der Waals surface area contributed by atoms with Gasteiger partial charge in [-0.05, 0) is 36.8 Å². The summed E-state index contributed by atoms with van der Waals surface area (Å²) in [4.78, 5) is 4.38. The van der Waals surface area contributed by atoms with Crippen LogP contribution in [-0.4, -0.2) is 16.2 Å². The Kier molecular flexibility index (Phi) is 3.68. The largest absolute Gasteiger partial charge is 0.493 e. The Morgan fingerprint density at radius 2 is 2.05 bits per heavy atom. The highest BCUT2D eigenvalue weighted by molar-refractivity contribution is 5.86. The first-order valence-corrected chi connectivity index (χ1v) is 6.99. The first kappa shape index (κ1) is 12.7. The Morgan fingerprint density at radius 3 is 2.85 bits per heavy atom. The molecule has 0 aliphatic carbocycles. The zero-order chi connectivity index (χ0) is 13.8. The van der Waals surface area contributed by atoms with E-state index in [1.165, 1.54) is 5.52 Å². The highest BCUT2D eigenvalue weighted by Crippen LogP contribution is 2.27. The number of hydrogen-bond acceptors (Lipinski definition) is 2. The van der Waals surface area contributed by atoms with E-state index in [0.29, 0.717) is 0 Å². The lowest BCUT2D eigenvalue weighted by Gasteiger charge is -2.08. The Hall–Kier alpha value is -2.29. The Balaban J connectivity index is 1.93. The van der Waals surface area contributed by atoms with Gasteiger partial charge in [0.1, 0.15) is 5.75 Å². The molecular formula is C17H18N2O. The van der Waals surface area contributed by atoms with Gasteiger partial charge in [-0.25, -0.2) is 0 Å². The molecule has 0 atom stereocenters. The van der Waals surface area contributed by atoms with Crippen molar-refractivity contribution in [3.63, 3.8) is 0 Å². The molecule has 0 aliphatic rings. The molecule has 20 heavy (non-hydrogen) atoms. The molecule has 2 heterocycles. The molecule has 0 saturated carbocycles. The van der Waals surface area contributed by atoms with Gasteiger partial charge in [-0.2, -0.15) is 0 Å². The SMILES string of the molecule is CCCOc1cccc2c1ccn2Cc1ccccn1. The molecule has 3 aromatic rings. The quantitative estimate of drug-likeness (QED) is 0.701. The van der Waals surface area contributed by atoms with E-state index < -0.39 is 0 Å². The molecule has 0 amide bonds. The number of benzene rings is 1. The summed E-state index contributed by atoms with van der Waals surface area (Å²) in [6, 6.07) is 14.3. The minimum Gasteiger partial charge on any atom is -0.493 e. The second-order valence-corrected chi connectivity index (χ2v) is 4.80. The third-order valence-corrected chi connectivity index (χ3v) is 3.29. The normalized spacial score (nSPS) is 10.8. The van der Waals surface area contributed by atoms with E-state index in [1.54, 1.807) is 0 Å². The van der Waals surface area contributed by atoms with E-state index in [0.717, 1.165) is 36.4 Å². The van der Waals surface area contributed by atoms with Gasteiger partial charge in [-0.3, -0.25) is 4.98 Å². The van der Waals surface area contributed by atoms with Gasteiger partial charge in [-0.15, -0.1) is 0 Å². The zero-order valence-corrected chi connectivity index (χ0v) is 11.6. The van der Waals surface area contributed by atoms with E-state index in [2.05, 4.69) is 34.8 Å². The van der Waals surface area contributed by atoms with E-state index in [1.807, 2.05) is 36.5 Å². The lowest BCUT2D eigenvalue weighted by atomic mass is 10.2. The topological polar surface area (TPSA) is 27.1 Å². The summed E-state index contributed by atoms with van der Waals surface area (Å²) in [6.45, 7) is 3.65. The molecule has 3 rings (SSSR count). The van der Waals surface area contributed by atoms with Gasteiger partial charge < -0.3 is 9.30 Å². The third kappa shape index (κ3) is 2.52. The van der Waals surface area contributed by atoms with Crippen molar-refractivity contribution in [1.82, 2.24) is 9.55 Å². The number of hydrogen-bond donors (Lipinski definition) is 0. The van der Waals surface area contributed by atoms with E-state index in [-0.39, 0.29) is 0 Å². The summed E-state index contributed by atoms with van der Waals surface area (Å²) in [5.41, 5.74) is 2.24. The standard InChI is InChI=1S/C17H18N2O/c1-2-12-20-17-8-5-7-16-15(17)9-11-19(16)13-14-6-3-4-10-18-14/h3-11H,2,12-13H2,1H3. The molecule has 2 aromatic heterocycles. The summed E-state index contributed by atoms with van der Waals surface area (Å²) >= 11 is 0. The predicted molar refractivity (Wildman–Crippen MR) is 81.1 cm³/mol. The van der Waals surface area contributed by atoms with Gasteiger partial charge in [0.2, 0.25) is 0 Å². The van der Waals surface area contributed by atoms with Crippen LogP contribution >= 0.6 is 0 Å². The lowest BCUT2D eigenvalue weighted by molar-refractivity contribution is 0.321. The Bertz CT molecular complexity index is 689. The van der Waals surface area contributed by atoms with Crippen LogP contribution < -0.4 is 4.74 Å². The van der Waals surface area contributed by atoms with Crippen LogP contribution in [0.4, 0.5) is 0 Å². The zero-order valence-electron chi connectivity index (χ0n) is 11.6. The van der Waals surface area contributed by atoms with Gasteiger partial charge in [0.05, 0.1) is 24.4 Å². The molecule has 0 N–H and O–H groups in total. The fraction of sp³-hybridized carbons (Fsp3) is 0.235. The minimum atomic E-state index is 0.754. The van der Waals surface area contributed by atoms with E-state index in [9.17, 15) is 0 Å². The maximum Gasteiger partial charge on any atom is 0.128 e. The predicted octanol–water partition coefficient (Wildman–Crippen LogP) is 3.87. The number of fused-ring (bicyclic) bond motifs is 1. The maximum absolute atomic E-state index is 5.80. The Labute approximate surface area is 118 Å². The van der Waals surface area contributed by atoms with Gasteiger partial charge in [-0.1, -0.05) is 19.1 Å². The van der Waals surface area contributed by atoms with Crippen LogP contribution in [-0.2, 0) is 6.54 Å². The summed E-state index contributed by atoms with van der Waals surface area (Å²) < 4.78 is 8.01. The highest BCUT2D eigenvalue weighted by atomic mass is 16.5. The molecule has 0 saturated heterocycles. The summed E-state index contributed by atoms with van der Waals surface area (Å²) in [7, 11) is 0. The molecule has 1 aromatic carbocycles. The fourth-order valence-electron chi connectivity index (χ4n) is 2.34. The number of rotatable bonds is 5.